The van der Waals surface area contributed by atoms with Crippen LogP contribution in [0.15, 0.2) is 42.9 Å². The molecule has 8 nitrogen and oxygen atoms in total. The first-order valence-electron chi connectivity index (χ1n) is 9.29. The molecule has 9 heteroatoms. The fraction of sp³-hybridized carbons (Fsp3) is 0.300. The number of hydroxylamine groups is 1. The zero-order chi connectivity index (χ0) is 20.4. The molecule has 1 aliphatic rings. The van der Waals surface area contributed by atoms with E-state index in [1.54, 1.807) is 28.8 Å². The number of fused-ring (bicyclic) bond motifs is 1. The van der Waals surface area contributed by atoms with Gasteiger partial charge in [-0.25, -0.2) is 14.9 Å². The number of nitrogens with zero attached hydrogens (tertiary/aromatic N) is 2. The summed E-state index contributed by atoms with van der Waals surface area (Å²) in [6.45, 7) is -0.752. The third-order valence-corrected chi connectivity index (χ3v) is 4.77. The Morgan fingerprint density at radius 1 is 1.34 bits per heavy atom. The minimum absolute atomic E-state index is 0.210. The lowest BCUT2D eigenvalue weighted by molar-refractivity contribution is -0.0295. The average Bonchev–Trinajstić information content (AvgIpc) is 3.51. The molecule has 1 amide bonds. The highest BCUT2D eigenvalue weighted by atomic mass is 19.1. The SMILES string of the molecule is O=C(NOC[C@H](O)CO)c1cc2ccncn2c1Nc1ccc(C2CC2)cc1F. The fourth-order valence-electron chi connectivity index (χ4n) is 3.06. The van der Waals surface area contributed by atoms with E-state index >= 15 is 0 Å². The van der Waals surface area contributed by atoms with Crippen molar-refractivity contribution < 1.29 is 24.2 Å². The molecule has 4 rings (SSSR count). The van der Waals surface area contributed by atoms with Gasteiger partial charge in [0.05, 0.1) is 23.4 Å². The van der Waals surface area contributed by atoms with Crippen LogP contribution in [0.1, 0.15) is 34.7 Å². The van der Waals surface area contributed by atoms with Crippen molar-refractivity contribution in [3.05, 3.63) is 59.8 Å². The number of aliphatic hydroxyl groups is 2. The predicted octanol–water partition coefficient (Wildman–Crippen LogP) is 2.11. The molecule has 0 unspecified atom stereocenters. The molecular weight excluding hydrogens is 379 g/mol. The normalized spacial score (nSPS) is 14.7. The molecule has 0 spiro atoms. The largest absolute Gasteiger partial charge is 0.394 e. The lowest BCUT2D eigenvalue weighted by Crippen LogP contribution is -2.30. The van der Waals surface area contributed by atoms with Crippen LogP contribution in [0.2, 0.25) is 0 Å². The number of hydrogen-bond donors (Lipinski definition) is 4. The van der Waals surface area contributed by atoms with Crippen molar-refractivity contribution in [1.29, 1.82) is 0 Å². The number of hydrogen-bond acceptors (Lipinski definition) is 6. The molecule has 0 radical (unpaired) electrons. The van der Waals surface area contributed by atoms with Gasteiger partial charge in [-0.1, -0.05) is 6.07 Å². The number of aliphatic hydroxyl groups excluding tert-OH is 2. The molecule has 2 heterocycles. The van der Waals surface area contributed by atoms with Crippen molar-refractivity contribution in [3.63, 3.8) is 0 Å². The van der Waals surface area contributed by atoms with Gasteiger partial charge in [0.2, 0.25) is 0 Å². The summed E-state index contributed by atoms with van der Waals surface area (Å²) in [5, 5.41) is 21.1. The fourth-order valence-corrected chi connectivity index (χ4v) is 3.06. The zero-order valence-corrected chi connectivity index (χ0v) is 15.5. The lowest BCUT2D eigenvalue weighted by atomic mass is 10.1. The molecule has 1 aliphatic carbocycles. The van der Waals surface area contributed by atoms with Crippen LogP contribution in [0, 0.1) is 5.82 Å². The van der Waals surface area contributed by atoms with Crippen molar-refractivity contribution in [3.8, 4) is 0 Å². The quantitative estimate of drug-likeness (QED) is 0.432. The van der Waals surface area contributed by atoms with Crippen molar-refractivity contribution >= 4 is 22.9 Å². The average molecular weight is 400 g/mol. The van der Waals surface area contributed by atoms with E-state index in [0.717, 1.165) is 18.4 Å². The molecule has 4 N–H and O–H groups in total. The molecule has 0 bridgehead atoms. The predicted molar refractivity (Wildman–Crippen MR) is 103 cm³/mol. The number of rotatable bonds is 8. The van der Waals surface area contributed by atoms with Gasteiger partial charge in [0, 0.05) is 6.20 Å². The summed E-state index contributed by atoms with van der Waals surface area (Å²) >= 11 is 0. The van der Waals surface area contributed by atoms with Crippen LogP contribution in [0.5, 0.6) is 0 Å². The van der Waals surface area contributed by atoms with Crippen molar-refractivity contribution in [2.75, 3.05) is 18.5 Å². The molecule has 3 aromatic rings. The highest BCUT2D eigenvalue weighted by Crippen LogP contribution is 2.41. The van der Waals surface area contributed by atoms with E-state index in [1.807, 2.05) is 6.07 Å². The minimum atomic E-state index is -1.11. The van der Waals surface area contributed by atoms with Crippen LogP contribution in [-0.4, -0.2) is 44.8 Å². The Balaban J connectivity index is 1.60. The van der Waals surface area contributed by atoms with Crippen molar-refractivity contribution in [2.45, 2.75) is 24.9 Å². The monoisotopic (exact) mass is 400 g/mol. The van der Waals surface area contributed by atoms with Gasteiger partial charge in [0.15, 0.2) is 0 Å². The van der Waals surface area contributed by atoms with Gasteiger partial charge >= 0.3 is 0 Å². The topological polar surface area (TPSA) is 108 Å². The second-order valence-corrected chi connectivity index (χ2v) is 7.00. The highest BCUT2D eigenvalue weighted by molar-refractivity contribution is 6.01. The van der Waals surface area contributed by atoms with Crippen molar-refractivity contribution in [2.24, 2.45) is 0 Å². The van der Waals surface area contributed by atoms with Crippen LogP contribution >= 0.6 is 0 Å². The minimum Gasteiger partial charge on any atom is -0.394 e. The number of benzene rings is 1. The van der Waals surface area contributed by atoms with E-state index in [4.69, 9.17) is 9.94 Å². The van der Waals surface area contributed by atoms with E-state index in [2.05, 4.69) is 15.8 Å². The number of carbonyl (C=O) groups is 1. The Kier molecular flexibility index (Phi) is 5.43. The molecule has 0 aliphatic heterocycles. The van der Waals surface area contributed by atoms with E-state index in [-0.39, 0.29) is 17.9 Å². The molecule has 1 atom stereocenters. The summed E-state index contributed by atoms with van der Waals surface area (Å²) in [4.78, 5) is 21.6. The molecule has 0 saturated heterocycles. The van der Waals surface area contributed by atoms with Gasteiger partial charge in [0.1, 0.15) is 30.7 Å². The first-order chi connectivity index (χ1) is 14.1. The van der Waals surface area contributed by atoms with Gasteiger partial charge in [-0.2, -0.15) is 0 Å². The summed E-state index contributed by atoms with van der Waals surface area (Å²) in [5.41, 5.74) is 4.33. The number of carbonyl (C=O) groups excluding carboxylic acids is 1. The van der Waals surface area contributed by atoms with Crippen molar-refractivity contribution in [1.82, 2.24) is 14.9 Å². The summed E-state index contributed by atoms with van der Waals surface area (Å²) in [6, 6.07) is 8.39. The Bertz CT molecular complexity index is 1030. The third-order valence-electron chi connectivity index (χ3n) is 4.77. The van der Waals surface area contributed by atoms with E-state index in [1.165, 1.54) is 12.4 Å². The van der Waals surface area contributed by atoms with Gasteiger partial charge < -0.3 is 15.5 Å². The van der Waals surface area contributed by atoms with Gasteiger partial charge in [-0.3, -0.25) is 14.0 Å². The smallest absolute Gasteiger partial charge is 0.278 e. The number of amides is 1. The van der Waals surface area contributed by atoms with Crippen LogP contribution < -0.4 is 10.8 Å². The molecule has 29 heavy (non-hydrogen) atoms. The van der Waals surface area contributed by atoms with E-state index in [0.29, 0.717) is 17.3 Å². The summed E-state index contributed by atoms with van der Waals surface area (Å²) in [5.74, 6) is -0.224. The van der Waals surface area contributed by atoms with Gasteiger partial charge in [-0.15, -0.1) is 0 Å². The number of nitrogens with one attached hydrogen (secondary N) is 2. The Hall–Kier alpha value is -3.01. The van der Waals surface area contributed by atoms with E-state index < -0.39 is 24.4 Å². The van der Waals surface area contributed by atoms with E-state index in [9.17, 15) is 14.3 Å². The summed E-state index contributed by atoms with van der Waals surface area (Å²) in [6.07, 6.45) is 4.15. The van der Waals surface area contributed by atoms with Crippen LogP contribution in [0.4, 0.5) is 15.9 Å². The lowest BCUT2D eigenvalue weighted by Gasteiger charge is -2.12. The van der Waals surface area contributed by atoms with Crippen LogP contribution in [0.3, 0.4) is 0 Å². The summed E-state index contributed by atoms with van der Waals surface area (Å²) < 4.78 is 16.3. The first-order valence-corrected chi connectivity index (χ1v) is 9.29. The maximum atomic E-state index is 14.6. The number of anilines is 2. The zero-order valence-electron chi connectivity index (χ0n) is 15.5. The molecule has 1 aromatic carbocycles. The molecule has 2 aromatic heterocycles. The van der Waals surface area contributed by atoms with Crippen LogP contribution in [-0.2, 0) is 4.84 Å². The molecule has 152 valence electrons. The Morgan fingerprint density at radius 2 is 2.17 bits per heavy atom. The second-order valence-electron chi connectivity index (χ2n) is 7.00. The maximum Gasteiger partial charge on any atom is 0.278 e. The standard InChI is InChI=1S/C20H21FN4O4/c21-17-7-13(12-1-2-12)3-4-18(17)23-19-16(8-14-5-6-22-11-25(14)19)20(28)24-29-10-15(27)9-26/h3-8,11-12,15,23,26-27H,1-2,9-10H2,(H,24,28)/t15-/m1/s1. The second kappa shape index (κ2) is 8.16. The molecule has 1 fully saturated rings. The Morgan fingerprint density at radius 3 is 2.90 bits per heavy atom. The van der Waals surface area contributed by atoms with Crippen LogP contribution in [0.25, 0.3) is 5.52 Å². The number of aromatic nitrogens is 2. The molecular formula is C20H21FN4O4. The third kappa shape index (κ3) is 4.21. The highest BCUT2D eigenvalue weighted by Gasteiger charge is 2.25. The van der Waals surface area contributed by atoms with Gasteiger partial charge in [0.25, 0.3) is 5.91 Å². The first kappa shape index (κ1) is 19.3. The maximum absolute atomic E-state index is 14.6. The number of halogens is 1. The molecule has 1 saturated carbocycles. The Labute approximate surface area is 165 Å². The van der Waals surface area contributed by atoms with Gasteiger partial charge in [-0.05, 0) is 48.6 Å². The summed E-state index contributed by atoms with van der Waals surface area (Å²) in [7, 11) is 0.